The van der Waals surface area contributed by atoms with Crippen molar-refractivity contribution in [2.45, 2.75) is 4.90 Å². The van der Waals surface area contributed by atoms with E-state index in [2.05, 4.69) is 0 Å². The quantitative estimate of drug-likeness (QED) is 0.678. The van der Waals surface area contributed by atoms with E-state index >= 15 is 0 Å². The van der Waals surface area contributed by atoms with Gasteiger partial charge in [0, 0.05) is 0 Å². The van der Waals surface area contributed by atoms with E-state index in [1.165, 1.54) is 24.3 Å². The summed E-state index contributed by atoms with van der Waals surface area (Å²) in [5.41, 5.74) is 0.405. The Morgan fingerprint density at radius 3 is 2.00 bits per heavy atom. The SMILES string of the molecule is N.N#Cc1ccc(S(N)(=O)=O)cc1. The maximum absolute atomic E-state index is 10.7. The van der Waals surface area contributed by atoms with Gasteiger partial charge in [-0.3, -0.25) is 0 Å². The first-order valence-corrected chi connectivity index (χ1v) is 4.61. The molecule has 0 unspecified atom stereocenters. The Hall–Kier alpha value is -1.42. The van der Waals surface area contributed by atoms with Crippen LogP contribution >= 0.6 is 0 Å². The van der Waals surface area contributed by atoms with Crippen LogP contribution in [0.25, 0.3) is 0 Å². The lowest BCUT2D eigenvalue weighted by atomic mass is 10.2. The molecule has 0 radical (unpaired) electrons. The van der Waals surface area contributed by atoms with Crippen molar-refractivity contribution in [3.63, 3.8) is 0 Å². The van der Waals surface area contributed by atoms with Crippen molar-refractivity contribution in [1.82, 2.24) is 6.15 Å². The van der Waals surface area contributed by atoms with Gasteiger partial charge in [0.25, 0.3) is 0 Å². The average molecular weight is 199 g/mol. The van der Waals surface area contributed by atoms with Gasteiger partial charge in [-0.1, -0.05) is 0 Å². The topological polar surface area (TPSA) is 119 Å². The van der Waals surface area contributed by atoms with E-state index in [4.69, 9.17) is 10.4 Å². The fraction of sp³-hybridized carbons (Fsp3) is 0. The smallest absolute Gasteiger partial charge is 0.238 e. The van der Waals surface area contributed by atoms with Crippen molar-refractivity contribution in [3.05, 3.63) is 29.8 Å². The van der Waals surface area contributed by atoms with Crippen molar-refractivity contribution in [1.29, 1.82) is 5.26 Å². The van der Waals surface area contributed by atoms with E-state index in [-0.39, 0.29) is 11.0 Å². The van der Waals surface area contributed by atoms with E-state index in [0.717, 1.165) is 0 Å². The third-order valence-corrected chi connectivity index (χ3v) is 2.24. The number of benzene rings is 1. The highest BCUT2D eigenvalue weighted by Gasteiger charge is 2.05. The number of nitriles is 1. The third kappa shape index (κ3) is 2.83. The highest BCUT2D eigenvalue weighted by Crippen LogP contribution is 2.07. The molecular weight excluding hydrogens is 190 g/mol. The molecule has 0 aliphatic carbocycles. The van der Waals surface area contributed by atoms with Crippen LogP contribution in [0.3, 0.4) is 0 Å². The van der Waals surface area contributed by atoms with Crippen molar-refractivity contribution in [2.24, 2.45) is 5.14 Å². The van der Waals surface area contributed by atoms with Gasteiger partial charge in [0.05, 0.1) is 16.5 Å². The van der Waals surface area contributed by atoms with Crippen LogP contribution in [0.1, 0.15) is 5.56 Å². The van der Waals surface area contributed by atoms with Gasteiger partial charge in [-0.05, 0) is 24.3 Å². The summed E-state index contributed by atoms with van der Waals surface area (Å²) < 4.78 is 21.5. The van der Waals surface area contributed by atoms with Gasteiger partial charge in [-0.25, -0.2) is 13.6 Å². The minimum Gasteiger partial charge on any atom is -0.344 e. The second-order valence-corrected chi connectivity index (χ2v) is 3.74. The molecule has 0 aliphatic rings. The first-order valence-electron chi connectivity index (χ1n) is 3.07. The summed E-state index contributed by atoms with van der Waals surface area (Å²) in [7, 11) is -3.64. The Bertz CT molecular complexity index is 416. The Morgan fingerprint density at radius 2 is 1.69 bits per heavy atom. The summed E-state index contributed by atoms with van der Waals surface area (Å²) >= 11 is 0. The molecule has 6 heteroatoms. The number of hydrogen-bond acceptors (Lipinski definition) is 4. The molecule has 0 saturated carbocycles. The van der Waals surface area contributed by atoms with Crippen LogP contribution in [-0.4, -0.2) is 8.42 Å². The Morgan fingerprint density at radius 1 is 1.23 bits per heavy atom. The van der Waals surface area contributed by atoms with Crippen LogP contribution in [0.2, 0.25) is 0 Å². The number of nitrogens with zero attached hydrogens (tertiary/aromatic N) is 1. The van der Waals surface area contributed by atoms with E-state index in [1.807, 2.05) is 6.07 Å². The molecule has 0 fully saturated rings. The number of hydrogen-bond donors (Lipinski definition) is 2. The Balaban J connectivity index is 0.00000144. The first-order chi connectivity index (χ1) is 5.54. The summed E-state index contributed by atoms with van der Waals surface area (Å²) in [4.78, 5) is 0.0153. The zero-order valence-corrected chi connectivity index (χ0v) is 7.58. The van der Waals surface area contributed by atoms with Crippen LogP contribution in [0, 0.1) is 11.3 Å². The van der Waals surface area contributed by atoms with Gasteiger partial charge in [0.15, 0.2) is 0 Å². The fourth-order valence-corrected chi connectivity index (χ4v) is 1.23. The molecular formula is C7H9N3O2S. The highest BCUT2D eigenvalue weighted by atomic mass is 32.2. The molecule has 0 spiro atoms. The van der Waals surface area contributed by atoms with E-state index in [1.54, 1.807) is 0 Å². The summed E-state index contributed by atoms with van der Waals surface area (Å²) in [6.07, 6.45) is 0. The molecule has 13 heavy (non-hydrogen) atoms. The van der Waals surface area contributed by atoms with Gasteiger partial charge in [-0.15, -0.1) is 0 Å². The van der Waals surface area contributed by atoms with Crippen molar-refractivity contribution in [2.75, 3.05) is 0 Å². The molecule has 1 rings (SSSR count). The zero-order chi connectivity index (χ0) is 9.19. The maximum atomic E-state index is 10.7. The van der Waals surface area contributed by atoms with Gasteiger partial charge in [0.1, 0.15) is 0 Å². The normalized spacial score (nSPS) is 9.85. The van der Waals surface area contributed by atoms with Crippen LogP contribution in [0.15, 0.2) is 29.2 Å². The summed E-state index contributed by atoms with van der Waals surface area (Å²) in [5, 5.41) is 13.2. The van der Waals surface area contributed by atoms with E-state index < -0.39 is 10.0 Å². The summed E-state index contributed by atoms with van der Waals surface area (Å²) in [5.74, 6) is 0. The number of nitrogens with two attached hydrogens (primary N) is 1. The lowest BCUT2D eigenvalue weighted by Crippen LogP contribution is -2.11. The fourth-order valence-electron chi connectivity index (χ4n) is 0.719. The Kier molecular flexibility index (Phi) is 3.56. The van der Waals surface area contributed by atoms with Gasteiger partial charge >= 0.3 is 0 Å². The predicted octanol–water partition coefficient (Wildman–Crippen LogP) is 0.368. The summed E-state index contributed by atoms with van der Waals surface area (Å²) in [6.45, 7) is 0. The minimum absolute atomic E-state index is 0. The lowest BCUT2D eigenvalue weighted by molar-refractivity contribution is 0.598. The molecule has 0 heterocycles. The largest absolute Gasteiger partial charge is 0.344 e. The first kappa shape index (κ1) is 11.6. The molecule has 5 N–H and O–H groups in total. The van der Waals surface area contributed by atoms with Crippen LogP contribution in [0.4, 0.5) is 0 Å². The van der Waals surface area contributed by atoms with Crippen LogP contribution < -0.4 is 11.3 Å². The molecule has 1 aromatic rings. The standard InChI is InChI=1S/C7H6N2O2S.H3N/c8-5-6-1-3-7(4-2-6)12(9,10)11;/h1-4H,(H2,9,10,11);1H3. The maximum Gasteiger partial charge on any atom is 0.238 e. The third-order valence-electron chi connectivity index (χ3n) is 1.31. The van der Waals surface area contributed by atoms with Gasteiger partial charge < -0.3 is 6.15 Å². The number of rotatable bonds is 1. The molecule has 1 aromatic carbocycles. The predicted molar refractivity (Wildman–Crippen MR) is 47.6 cm³/mol. The number of sulfonamides is 1. The highest BCUT2D eigenvalue weighted by molar-refractivity contribution is 7.89. The lowest BCUT2D eigenvalue weighted by Gasteiger charge is -1.95. The second kappa shape index (κ2) is 4.00. The zero-order valence-electron chi connectivity index (χ0n) is 6.77. The molecule has 0 amide bonds. The second-order valence-electron chi connectivity index (χ2n) is 2.18. The summed E-state index contributed by atoms with van der Waals surface area (Å²) in [6, 6.07) is 7.27. The monoisotopic (exact) mass is 199 g/mol. The minimum atomic E-state index is -3.64. The van der Waals surface area contributed by atoms with Crippen molar-refractivity contribution in [3.8, 4) is 6.07 Å². The Labute approximate surface area is 76.4 Å². The van der Waals surface area contributed by atoms with Crippen LogP contribution in [0.5, 0.6) is 0 Å². The molecule has 5 nitrogen and oxygen atoms in total. The molecule has 70 valence electrons. The van der Waals surface area contributed by atoms with Gasteiger partial charge in [0.2, 0.25) is 10.0 Å². The molecule has 0 aliphatic heterocycles. The van der Waals surface area contributed by atoms with Gasteiger partial charge in [-0.2, -0.15) is 5.26 Å². The van der Waals surface area contributed by atoms with E-state index in [0.29, 0.717) is 5.56 Å². The van der Waals surface area contributed by atoms with Crippen molar-refractivity contribution >= 4 is 10.0 Å². The average Bonchev–Trinajstić information content (AvgIpc) is 2.03. The molecule has 0 bridgehead atoms. The molecule has 0 saturated heterocycles. The van der Waals surface area contributed by atoms with Crippen LogP contribution in [-0.2, 0) is 10.0 Å². The molecule has 0 aromatic heterocycles. The number of primary sulfonamides is 1. The molecule has 0 atom stereocenters. The van der Waals surface area contributed by atoms with E-state index in [9.17, 15) is 8.42 Å². The van der Waals surface area contributed by atoms with Crippen molar-refractivity contribution < 1.29 is 8.42 Å².